The van der Waals surface area contributed by atoms with Crippen LogP contribution < -0.4 is 15.9 Å². The standard InChI is InChI=1S/C45H31N4OP/c50-51(37-18-9-3-10-19-37,38-20-11-4-12-21-38)39-29-27-33(28-30-39)32-23-25-35(26-24-32)45-48-43-42-40(22-13-31-46-42)47-41(34-14-5-1-6-15-34)44(43)49(45)36-16-7-2-8-17-36/h1-31H. The zero-order valence-corrected chi connectivity index (χ0v) is 28.4. The summed E-state index contributed by atoms with van der Waals surface area (Å²) in [5.74, 6) is 0.807. The topological polar surface area (TPSA) is 60.7 Å². The molecule has 6 aromatic carbocycles. The van der Waals surface area contributed by atoms with Crippen molar-refractivity contribution in [2.75, 3.05) is 0 Å². The van der Waals surface area contributed by atoms with Gasteiger partial charge in [0.05, 0.1) is 11.2 Å². The van der Waals surface area contributed by atoms with Crippen molar-refractivity contribution in [1.82, 2.24) is 19.5 Å². The van der Waals surface area contributed by atoms with Gasteiger partial charge in [-0.1, -0.05) is 158 Å². The zero-order chi connectivity index (χ0) is 34.2. The lowest BCUT2D eigenvalue weighted by molar-refractivity contribution is 0.592. The van der Waals surface area contributed by atoms with Crippen LogP contribution in [0.2, 0.25) is 0 Å². The van der Waals surface area contributed by atoms with Crippen molar-refractivity contribution in [1.29, 1.82) is 0 Å². The molecule has 0 bridgehead atoms. The molecule has 0 aliphatic heterocycles. The maximum absolute atomic E-state index is 14.9. The van der Waals surface area contributed by atoms with Gasteiger partial charge in [0.15, 0.2) is 7.14 Å². The Morgan fingerprint density at radius 2 is 0.941 bits per heavy atom. The Hall–Kier alpha value is -6.42. The molecule has 9 aromatic rings. The highest BCUT2D eigenvalue weighted by Crippen LogP contribution is 2.43. The Kier molecular flexibility index (Phi) is 7.68. The molecular weight excluding hydrogens is 643 g/mol. The summed E-state index contributed by atoms with van der Waals surface area (Å²) in [6, 6.07) is 60.7. The highest BCUT2D eigenvalue weighted by molar-refractivity contribution is 7.85. The molecule has 5 nitrogen and oxygen atoms in total. The van der Waals surface area contributed by atoms with Gasteiger partial charge in [-0.05, 0) is 35.4 Å². The van der Waals surface area contributed by atoms with Gasteiger partial charge in [-0.3, -0.25) is 9.55 Å². The van der Waals surface area contributed by atoms with E-state index in [4.69, 9.17) is 15.0 Å². The summed E-state index contributed by atoms with van der Waals surface area (Å²) in [5, 5.41) is 2.45. The molecule has 0 aliphatic carbocycles. The van der Waals surface area contributed by atoms with Gasteiger partial charge >= 0.3 is 0 Å². The number of para-hydroxylation sites is 1. The fourth-order valence-corrected chi connectivity index (χ4v) is 9.51. The van der Waals surface area contributed by atoms with E-state index in [0.29, 0.717) is 0 Å². The van der Waals surface area contributed by atoms with Crippen molar-refractivity contribution in [3.63, 3.8) is 0 Å². The first-order valence-corrected chi connectivity index (χ1v) is 18.6. The smallest absolute Gasteiger partial charge is 0.171 e. The number of benzene rings is 6. The maximum Gasteiger partial charge on any atom is 0.171 e. The lowest BCUT2D eigenvalue weighted by atomic mass is 10.0. The summed E-state index contributed by atoms with van der Waals surface area (Å²) in [4.78, 5) is 15.2. The molecule has 0 unspecified atom stereocenters. The lowest BCUT2D eigenvalue weighted by Gasteiger charge is -2.20. The fraction of sp³-hybridized carbons (Fsp3) is 0. The second kappa shape index (κ2) is 12.8. The summed E-state index contributed by atoms with van der Waals surface area (Å²) < 4.78 is 17.1. The maximum atomic E-state index is 14.9. The van der Waals surface area contributed by atoms with E-state index < -0.39 is 7.14 Å². The van der Waals surface area contributed by atoms with Crippen LogP contribution in [-0.2, 0) is 4.57 Å². The number of aromatic nitrogens is 4. The average molecular weight is 675 g/mol. The first kappa shape index (κ1) is 30.6. The Balaban J connectivity index is 1.16. The molecule has 3 aromatic heterocycles. The lowest BCUT2D eigenvalue weighted by Crippen LogP contribution is -2.24. The van der Waals surface area contributed by atoms with Gasteiger partial charge in [-0.25, -0.2) is 9.97 Å². The van der Waals surface area contributed by atoms with E-state index in [1.165, 1.54) is 0 Å². The molecule has 0 radical (unpaired) electrons. The number of fused-ring (bicyclic) bond motifs is 3. The van der Waals surface area contributed by atoms with Gasteiger partial charge < -0.3 is 4.57 Å². The normalized spacial score (nSPS) is 11.6. The number of hydrogen-bond donors (Lipinski definition) is 0. The van der Waals surface area contributed by atoms with Crippen LogP contribution in [0.3, 0.4) is 0 Å². The van der Waals surface area contributed by atoms with Gasteiger partial charge in [0.2, 0.25) is 0 Å². The molecule has 0 fully saturated rings. The highest BCUT2D eigenvalue weighted by atomic mass is 31.2. The predicted molar refractivity (Wildman–Crippen MR) is 210 cm³/mol. The summed E-state index contributed by atoms with van der Waals surface area (Å²) >= 11 is 0. The van der Waals surface area contributed by atoms with Crippen LogP contribution in [0, 0.1) is 0 Å². The van der Waals surface area contributed by atoms with E-state index in [0.717, 1.165) is 77.4 Å². The highest BCUT2D eigenvalue weighted by Gasteiger charge is 2.29. The van der Waals surface area contributed by atoms with Crippen molar-refractivity contribution in [3.8, 4) is 39.5 Å². The third-order valence-electron chi connectivity index (χ3n) is 9.35. The molecule has 51 heavy (non-hydrogen) atoms. The molecule has 9 rings (SSSR count). The van der Waals surface area contributed by atoms with Crippen LogP contribution in [0.1, 0.15) is 0 Å². The third kappa shape index (κ3) is 5.36. The summed E-state index contributed by atoms with van der Waals surface area (Å²) in [6.07, 6.45) is 1.80. The van der Waals surface area contributed by atoms with Crippen LogP contribution in [0.25, 0.3) is 61.5 Å². The van der Waals surface area contributed by atoms with E-state index in [1.54, 1.807) is 6.20 Å². The van der Waals surface area contributed by atoms with Crippen molar-refractivity contribution in [3.05, 3.63) is 188 Å². The second-order valence-corrected chi connectivity index (χ2v) is 15.2. The monoisotopic (exact) mass is 674 g/mol. The first-order valence-electron chi connectivity index (χ1n) is 16.9. The summed E-state index contributed by atoms with van der Waals surface area (Å²) in [7, 11) is -3.05. The third-order valence-corrected chi connectivity index (χ3v) is 12.4. The first-order chi connectivity index (χ1) is 25.2. The van der Waals surface area contributed by atoms with Gasteiger partial charge in [0.1, 0.15) is 22.4 Å². The zero-order valence-electron chi connectivity index (χ0n) is 27.5. The van der Waals surface area contributed by atoms with Crippen molar-refractivity contribution >= 4 is 45.1 Å². The Labute approximate surface area is 296 Å². The molecular formula is C45H31N4OP. The van der Waals surface area contributed by atoms with E-state index in [2.05, 4.69) is 65.2 Å². The minimum Gasteiger partial charge on any atom is -0.309 e. The van der Waals surface area contributed by atoms with Crippen LogP contribution in [0.4, 0.5) is 0 Å². The van der Waals surface area contributed by atoms with E-state index in [-0.39, 0.29) is 0 Å². The predicted octanol–water partition coefficient (Wildman–Crippen LogP) is 9.61. The Morgan fingerprint density at radius 1 is 0.431 bits per heavy atom. The quantitative estimate of drug-likeness (QED) is 0.158. The molecule has 0 spiro atoms. The van der Waals surface area contributed by atoms with Gasteiger partial charge in [-0.15, -0.1) is 0 Å². The molecule has 0 atom stereocenters. The molecule has 242 valence electrons. The molecule has 0 aliphatic rings. The van der Waals surface area contributed by atoms with Crippen molar-refractivity contribution < 1.29 is 4.57 Å². The number of pyridine rings is 2. The van der Waals surface area contributed by atoms with E-state index in [9.17, 15) is 4.57 Å². The largest absolute Gasteiger partial charge is 0.309 e. The molecule has 3 heterocycles. The SMILES string of the molecule is O=P(c1ccccc1)(c1ccccc1)c1ccc(-c2ccc(-c3nc4c5ncccc5nc(-c5ccccc5)c4n3-c3ccccc3)cc2)cc1. The number of nitrogens with zero attached hydrogens (tertiary/aromatic N) is 4. The van der Waals surface area contributed by atoms with E-state index in [1.807, 2.05) is 121 Å². The van der Waals surface area contributed by atoms with Crippen molar-refractivity contribution in [2.24, 2.45) is 0 Å². The fourth-order valence-electron chi connectivity index (χ4n) is 6.86. The number of hydrogen-bond acceptors (Lipinski definition) is 4. The molecule has 0 amide bonds. The number of rotatable bonds is 7. The van der Waals surface area contributed by atoms with Crippen LogP contribution in [0.15, 0.2) is 188 Å². The Morgan fingerprint density at radius 3 is 1.55 bits per heavy atom. The second-order valence-electron chi connectivity index (χ2n) is 12.4. The molecule has 6 heteroatoms. The van der Waals surface area contributed by atoms with Gasteiger partial charge in [-0.2, -0.15) is 0 Å². The van der Waals surface area contributed by atoms with E-state index >= 15 is 0 Å². The average Bonchev–Trinajstić information content (AvgIpc) is 3.63. The molecule has 0 saturated carbocycles. The van der Waals surface area contributed by atoms with Gasteiger partial charge in [0.25, 0.3) is 0 Å². The van der Waals surface area contributed by atoms with Gasteiger partial charge in [0, 0.05) is 38.9 Å². The minimum absolute atomic E-state index is 0.767. The number of imidazole rings is 1. The van der Waals surface area contributed by atoms with Crippen LogP contribution in [0.5, 0.6) is 0 Å². The summed E-state index contributed by atoms with van der Waals surface area (Å²) in [6.45, 7) is 0. The van der Waals surface area contributed by atoms with Crippen LogP contribution >= 0.6 is 7.14 Å². The molecule has 0 saturated heterocycles. The van der Waals surface area contributed by atoms with Crippen LogP contribution in [-0.4, -0.2) is 19.5 Å². The minimum atomic E-state index is -3.05. The van der Waals surface area contributed by atoms with Crippen molar-refractivity contribution in [2.45, 2.75) is 0 Å². The Bertz CT molecular complexity index is 2630. The molecule has 0 N–H and O–H groups in total. The summed E-state index contributed by atoms with van der Waals surface area (Å²) in [5.41, 5.74) is 9.21.